The highest BCUT2D eigenvalue weighted by molar-refractivity contribution is 5.33. The maximum Gasteiger partial charge on any atom is 0.0624 e. The van der Waals surface area contributed by atoms with Gasteiger partial charge in [-0.05, 0) is 5.57 Å². The van der Waals surface area contributed by atoms with E-state index < -0.39 is 0 Å². The largest absolute Gasteiger partial charge is 0.394 e. The van der Waals surface area contributed by atoms with E-state index in [1.165, 1.54) is 0 Å². The second-order valence-electron chi connectivity index (χ2n) is 3.97. The van der Waals surface area contributed by atoms with Crippen LogP contribution in [-0.2, 0) is 0 Å². The maximum atomic E-state index is 8.93. The molecule has 0 aromatic heterocycles. The normalized spacial score (nSPS) is 22.3. The van der Waals surface area contributed by atoms with Crippen LogP contribution in [0.1, 0.15) is 13.8 Å². The summed E-state index contributed by atoms with van der Waals surface area (Å²) >= 11 is 0. The van der Waals surface area contributed by atoms with Crippen molar-refractivity contribution in [2.75, 3.05) is 6.61 Å². The molecule has 13 heavy (non-hydrogen) atoms. The predicted octanol–water partition coefficient (Wildman–Crippen LogP) is 1.38. The fourth-order valence-corrected chi connectivity index (χ4v) is 1.33. The van der Waals surface area contributed by atoms with Crippen LogP contribution in [0.2, 0.25) is 0 Å². The molecule has 1 atom stereocenters. The van der Waals surface area contributed by atoms with E-state index in [-0.39, 0.29) is 18.1 Å². The van der Waals surface area contributed by atoms with E-state index in [1.54, 1.807) is 0 Å². The van der Waals surface area contributed by atoms with Gasteiger partial charge in [-0.15, -0.1) is 0 Å². The molecule has 72 valence electrons. The van der Waals surface area contributed by atoms with Crippen molar-refractivity contribution in [2.45, 2.75) is 19.9 Å². The summed E-state index contributed by atoms with van der Waals surface area (Å²) in [5.74, 6) is 0. The number of hydrogen-bond donors (Lipinski definition) is 2. The van der Waals surface area contributed by atoms with Crippen molar-refractivity contribution >= 4 is 0 Å². The SMILES string of the molecule is CC1(C)C=CC=CC(C(N)CO)=C1. The Bertz CT molecular complexity index is 261. The van der Waals surface area contributed by atoms with Crippen molar-refractivity contribution in [3.8, 4) is 0 Å². The molecule has 1 rings (SSSR count). The zero-order chi connectivity index (χ0) is 9.90. The number of rotatable bonds is 2. The van der Waals surface area contributed by atoms with Gasteiger partial charge in [0.25, 0.3) is 0 Å². The number of aliphatic hydroxyl groups excluding tert-OH is 1. The van der Waals surface area contributed by atoms with Crippen LogP contribution in [-0.4, -0.2) is 17.8 Å². The molecule has 0 fully saturated rings. The molecule has 0 aromatic rings. The molecule has 0 saturated heterocycles. The van der Waals surface area contributed by atoms with Crippen LogP contribution >= 0.6 is 0 Å². The first kappa shape index (κ1) is 10.2. The molecule has 0 radical (unpaired) electrons. The topological polar surface area (TPSA) is 46.2 Å². The summed E-state index contributed by atoms with van der Waals surface area (Å²) < 4.78 is 0. The third-order valence-corrected chi connectivity index (χ3v) is 2.09. The molecule has 0 amide bonds. The highest BCUT2D eigenvalue weighted by Gasteiger charge is 2.15. The van der Waals surface area contributed by atoms with Gasteiger partial charge >= 0.3 is 0 Å². The summed E-state index contributed by atoms with van der Waals surface area (Å²) in [5.41, 5.74) is 6.76. The predicted molar refractivity (Wildman–Crippen MR) is 55.2 cm³/mol. The van der Waals surface area contributed by atoms with E-state index in [0.717, 1.165) is 5.57 Å². The van der Waals surface area contributed by atoms with Gasteiger partial charge in [-0.25, -0.2) is 0 Å². The summed E-state index contributed by atoms with van der Waals surface area (Å²) in [4.78, 5) is 0. The molecule has 0 aromatic carbocycles. The summed E-state index contributed by atoms with van der Waals surface area (Å²) in [6.07, 6.45) is 10.1. The van der Waals surface area contributed by atoms with Gasteiger partial charge in [-0.1, -0.05) is 44.2 Å². The molecule has 0 aliphatic heterocycles. The van der Waals surface area contributed by atoms with Crippen molar-refractivity contribution < 1.29 is 5.11 Å². The van der Waals surface area contributed by atoms with Gasteiger partial charge in [-0.3, -0.25) is 0 Å². The highest BCUT2D eigenvalue weighted by Crippen LogP contribution is 2.24. The molecule has 0 spiro atoms. The molecule has 0 saturated carbocycles. The Morgan fingerprint density at radius 3 is 2.77 bits per heavy atom. The number of hydrogen-bond acceptors (Lipinski definition) is 2. The summed E-state index contributed by atoms with van der Waals surface area (Å²) in [6, 6.07) is -0.268. The van der Waals surface area contributed by atoms with Crippen molar-refractivity contribution in [3.05, 3.63) is 36.0 Å². The zero-order valence-electron chi connectivity index (χ0n) is 8.20. The molecule has 2 nitrogen and oxygen atoms in total. The van der Waals surface area contributed by atoms with Gasteiger partial charge in [0.15, 0.2) is 0 Å². The lowest BCUT2D eigenvalue weighted by molar-refractivity contribution is 0.280. The summed E-state index contributed by atoms with van der Waals surface area (Å²) in [5, 5.41) is 8.93. The number of aliphatic hydroxyl groups is 1. The van der Waals surface area contributed by atoms with Crippen LogP contribution in [0.5, 0.6) is 0 Å². The van der Waals surface area contributed by atoms with E-state index in [4.69, 9.17) is 10.8 Å². The second-order valence-corrected chi connectivity index (χ2v) is 3.97. The molecule has 2 heteroatoms. The molecule has 1 aliphatic carbocycles. The quantitative estimate of drug-likeness (QED) is 0.672. The van der Waals surface area contributed by atoms with Crippen LogP contribution in [0.25, 0.3) is 0 Å². The maximum absolute atomic E-state index is 8.93. The highest BCUT2D eigenvalue weighted by atomic mass is 16.3. The van der Waals surface area contributed by atoms with Crippen molar-refractivity contribution in [1.29, 1.82) is 0 Å². The van der Waals surface area contributed by atoms with Crippen LogP contribution < -0.4 is 5.73 Å². The van der Waals surface area contributed by atoms with Crippen molar-refractivity contribution in [3.63, 3.8) is 0 Å². The van der Waals surface area contributed by atoms with Crippen LogP contribution in [0.4, 0.5) is 0 Å². The molecular weight excluding hydrogens is 162 g/mol. The van der Waals surface area contributed by atoms with Gasteiger partial charge in [-0.2, -0.15) is 0 Å². The minimum atomic E-state index is -0.268. The fourth-order valence-electron chi connectivity index (χ4n) is 1.33. The van der Waals surface area contributed by atoms with Crippen LogP contribution in [0.3, 0.4) is 0 Å². The van der Waals surface area contributed by atoms with Gasteiger partial charge in [0.05, 0.1) is 12.6 Å². The first-order chi connectivity index (χ1) is 6.05. The van der Waals surface area contributed by atoms with E-state index in [9.17, 15) is 0 Å². The lowest BCUT2D eigenvalue weighted by Crippen LogP contribution is -2.26. The van der Waals surface area contributed by atoms with Crippen molar-refractivity contribution in [2.24, 2.45) is 11.1 Å². The average molecular weight is 179 g/mol. The lowest BCUT2D eigenvalue weighted by Gasteiger charge is -2.17. The van der Waals surface area contributed by atoms with Gasteiger partial charge in [0, 0.05) is 5.41 Å². The molecular formula is C11H17NO. The Hall–Kier alpha value is -0.860. The first-order valence-electron chi connectivity index (χ1n) is 4.50. The standard InChI is InChI=1S/C11H17NO/c1-11(2)6-4-3-5-9(7-11)10(12)8-13/h3-7,10,13H,8,12H2,1-2H3. The second kappa shape index (κ2) is 3.90. The van der Waals surface area contributed by atoms with E-state index in [0.29, 0.717) is 0 Å². The fraction of sp³-hybridized carbons (Fsp3) is 0.455. The van der Waals surface area contributed by atoms with Crippen LogP contribution in [0, 0.1) is 5.41 Å². The van der Waals surface area contributed by atoms with E-state index in [1.807, 2.05) is 18.2 Å². The molecule has 0 heterocycles. The molecule has 1 unspecified atom stereocenters. The smallest absolute Gasteiger partial charge is 0.0624 e. The lowest BCUT2D eigenvalue weighted by atomic mass is 9.90. The van der Waals surface area contributed by atoms with Gasteiger partial charge in [0.1, 0.15) is 0 Å². The van der Waals surface area contributed by atoms with Crippen LogP contribution in [0.15, 0.2) is 36.0 Å². The van der Waals surface area contributed by atoms with Crippen molar-refractivity contribution in [1.82, 2.24) is 0 Å². The minimum Gasteiger partial charge on any atom is -0.394 e. The molecule has 3 N–H and O–H groups in total. The monoisotopic (exact) mass is 179 g/mol. The zero-order valence-corrected chi connectivity index (χ0v) is 8.20. The third kappa shape index (κ3) is 2.83. The summed E-state index contributed by atoms with van der Waals surface area (Å²) in [7, 11) is 0. The minimum absolute atomic E-state index is 0.00769. The molecule has 0 bridgehead atoms. The Labute approximate surface area is 79.4 Å². The number of nitrogens with two attached hydrogens (primary N) is 1. The third-order valence-electron chi connectivity index (χ3n) is 2.09. The van der Waals surface area contributed by atoms with Gasteiger partial charge < -0.3 is 10.8 Å². The first-order valence-corrected chi connectivity index (χ1v) is 4.50. The summed E-state index contributed by atoms with van der Waals surface area (Å²) in [6.45, 7) is 4.22. The van der Waals surface area contributed by atoms with E-state index >= 15 is 0 Å². The Balaban J connectivity index is 2.91. The average Bonchev–Trinajstić information content (AvgIpc) is 2.25. The van der Waals surface area contributed by atoms with E-state index in [2.05, 4.69) is 26.0 Å². The van der Waals surface area contributed by atoms with Gasteiger partial charge in [0.2, 0.25) is 0 Å². The Kier molecular flexibility index (Phi) is 3.07. The Morgan fingerprint density at radius 2 is 2.15 bits per heavy atom. The number of allylic oxidation sites excluding steroid dienone is 4. The molecule has 1 aliphatic rings. The Morgan fingerprint density at radius 1 is 1.46 bits per heavy atom.